The summed E-state index contributed by atoms with van der Waals surface area (Å²) in [6, 6.07) is 7.30. The number of fused-ring (bicyclic) bond motifs is 3. The molecule has 0 saturated carbocycles. The number of hydrogen-bond donors (Lipinski definition) is 0. The first-order valence-electron chi connectivity index (χ1n) is 14.8. The molecule has 4 heterocycles. The maximum atomic E-state index is 14.4. The van der Waals surface area contributed by atoms with Crippen molar-refractivity contribution in [3.8, 4) is 5.75 Å². The van der Waals surface area contributed by atoms with Crippen molar-refractivity contribution in [3.05, 3.63) is 29.8 Å². The van der Waals surface area contributed by atoms with Gasteiger partial charge < -0.3 is 18.8 Å². The van der Waals surface area contributed by atoms with Crippen molar-refractivity contribution < 1.29 is 33.1 Å². The lowest BCUT2D eigenvalue weighted by atomic mass is 9.70. The minimum Gasteiger partial charge on any atom is -0.497 e. The molecule has 1 aromatic carbocycles. The highest BCUT2D eigenvalue weighted by molar-refractivity contribution is 6.77. The van der Waals surface area contributed by atoms with E-state index in [2.05, 4.69) is 41.5 Å². The van der Waals surface area contributed by atoms with Gasteiger partial charge in [-0.25, -0.2) is 0 Å². The van der Waals surface area contributed by atoms with Crippen LogP contribution in [-0.4, -0.2) is 79.8 Å². The fraction of sp³-hybridized carbons (Fsp3) is 0.677. The summed E-state index contributed by atoms with van der Waals surface area (Å²) in [7, 11) is 0.754. The van der Waals surface area contributed by atoms with E-state index in [4.69, 9.17) is 13.9 Å². The number of nitrogens with zero attached hydrogens (tertiary/aromatic N) is 2. The van der Waals surface area contributed by atoms with E-state index in [9.17, 15) is 19.2 Å². The van der Waals surface area contributed by atoms with Crippen LogP contribution in [0.25, 0.3) is 0 Å². The van der Waals surface area contributed by atoms with Crippen LogP contribution < -0.4 is 4.74 Å². The molecule has 2 bridgehead atoms. The number of methoxy groups -OCH3 is 1. The van der Waals surface area contributed by atoms with E-state index in [-0.39, 0.29) is 5.92 Å². The minimum atomic E-state index is -2.29. The monoisotopic (exact) mass is 584 g/mol. The smallest absolute Gasteiger partial charge is 0.266 e. The highest BCUT2D eigenvalue weighted by Gasteiger charge is 2.87. The number of carbonyl (C=O) groups is 4. The number of ketones is 1. The van der Waals surface area contributed by atoms with E-state index in [1.54, 1.807) is 12.0 Å². The molecule has 3 amide bonds. The Morgan fingerprint density at radius 1 is 1.05 bits per heavy atom. The largest absolute Gasteiger partial charge is 0.497 e. The molecule has 41 heavy (non-hydrogen) atoms. The number of ether oxygens (including phenoxy) is 2. The van der Waals surface area contributed by atoms with Gasteiger partial charge in [0.05, 0.1) is 19.8 Å². The van der Waals surface area contributed by atoms with Crippen molar-refractivity contribution in [2.24, 2.45) is 17.8 Å². The van der Waals surface area contributed by atoms with Gasteiger partial charge in [0, 0.05) is 13.0 Å². The molecule has 4 fully saturated rings. The molecule has 0 N–H and O–H groups in total. The van der Waals surface area contributed by atoms with Crippen LogP contribution in [0.2, 0.25) is 16.6 Å². The molecule has 4 aliphatic heterocycles. The van der Waals surface area contributed by atoms with Gasteiger partial charge in [0.25, 0.3) is 5.91 Å². The number of likely N-dealkylation sites (tertiary alicyclic amines) is 1. The van der Waals surface area contributed by atoms with Crippen molar-refractivity contribution in [1.29, 1.82) is 0 Å². The highest BCUT2D eigenvalue weighted by atomic mass is 28.4. The minimum absolute atomic E-state index is 0.301. The molecule has 10 heteroatoms. The number of Topliss-reactive ketones (excluding diaryl/α,β-unsaturated/α-hetero) is 1. The van der Waals surface area contributed by atoms with Gasteiger partial charge in [-0.15, -0.1) is 0 Å². The third-order valence-electron chi connectivity index (χ3n) is 10.5. The molecule has 0 aliphatic carbocycles. The van der Waals surface area contributed by atoms with Gasteiger partial charge >= 0.3 is 0 Å². The van der Waals surface area contributed by atoms with E-state index in [1.165, 1.54) is 14.0 Å². The number of piperidine rings is 1. The number of carbonyl (C=O) groups excluding carboxylic acids is 4. The van der Waals surface area contributed by atoms with Crippen LogP contribution in [0, 0.1) is 17.8 Å². The van der Waals surface area contributed by atoms with Crippen LogP contribution in [0.15, 0.2) is 24.3 Å². The quantitative estimate of drug-likeness (QED) is 0.233. The van der Waals surface area contributed by atoms with Gasteiger partial charge in [0.15, 0.2) is 19.8 Å². The van der Waals surface area contributed by atoms with Gasteiger partial charge in [-0.2, -0.15) is 0 Å². The standard InChI is InChI=1S/C31H44N2O7Si/c1-17(2)41(18(3)4,19(5)6)39-16-23-15-22(13-21-11-10-12-24(14-21)38-9)31-26-25(27(35)32(8)28(26)36)30(40-31,20(7)34)29(37)33(23)31/h10-12,14,17-19,22-23,25-26H,13,15-16H2,1-9H3/t22-,23-,25-,26+,30+,31-/m0/s1. The molecule has 6 atom stereocenters. The molecule has 4 aliphatic rings. The Labute approximate surface area is 244 Å². The summed E-state index contributed by atoms with van der Waals surface area (Å²) < 4.78 is 19.1. The Morgan fingerprint density at radius 2 is 1.66 bits per heavy atom. The second-order valence-corrected chi connectivity index (χ2v) is 18.7. The first kappa shape index (κ1) is 29.9. The van der Waals surface area contributed by atoms with Gasteiger partial charge in [-0.1, -0.05) is 53.7 Å². The van der Waals surface area contributed by atoms with E-state index in [0.717, 1.165) is 10.5 Å². The molecule has 0 unspecified atom stereocenters. The summed E-state index contributed by atoms with van der Waals surface area (Å²) in [6.07, 6.45) is 1.02. The summed E-state index contributed by atoms with van der Waals surface area (Å²) in [5.74, 6) is -3.67. The molecular formula is C31H44N2O7Si. The third kappa shape index (κ3) is 3.79. The molecule has 0 aromatic heterocycles. The Kier molecular flexibility index (Phi) is 7.31. The predicted molar refractivity (Wildman–Crippen MR) is 154 cm³/mol. The van der Waals surface area contributed by atoms with Crippen LogP contribution in [0.3, 0.4) is 0 Å². The van der Waals surface area contributed by atoms with Crippen molar-refractivity contribution in [2.75, 3.05) is 20.8 Å². The Hall–Kier alpha value is -2.56. The van der Waals surface area contributed by atoms with Gasteiger partial charge in [-0.05, 0) is 54.1 Å². The SMILES string of the molecule is COc1cccc(C[C@H]2C[C@@H](CO[Si](C(C)C)(C(C)C)C(C)C)N3C(=O)[C@]4(C(C)=O)O[C@]23[C@H]2C(=O)N(C)C(=O)[C@H]24)c1. The van der Waals surface area contributed by atoms with Crippen molar-refractivity contribution >= 4 is 31.8 Å². The van der Waals surface area contributed by atoms with Crippen LogP contribution in [-0.2, 0) is 34.8 Å². The van der Waals surface area contributed by atoms with E-state index < -0.39 is 61.0 Å². The summed E-state index contributed by atoms with van der Waals surface area (Å²) in [5.41, 5.74) is -1.38. The van der Waals surface area contributed by atoms with Gasteiger partial charge in [0.1, 0.15) is 17.6 Å². The third-order valence-corrected chi connectivity index (χ3v) is 16.6. The molecule has 9 nitrogen and oxygen atoms in total. The number of benzene rings is 1. The fourth-order valence-corrected chi connectivity index (χ4v) is 14.4. The van der Waals surface area contributed by atoms with Gasteiger partial charge in [0.2, 0.25) is 17.4 Å². The number of hydrogen-bond acceptors (Lipinski definition) is 7. The van der Waals surface area contributed by atoms with Crippen LogP contribution in [0.1, 0.15) is 60.5 Å². The Morgan fingerprint density at radius 3 is 2.22 bits per heavy atom. The second kappa shape index (κ2) is 10.0. The summed E-state index contributed by atoms with van der Waals surface area (Å²) in [5, 5.41) is 0. The lowest BCUT2D eigenvalue weighted by Gasteiger charge is -2.44. The summed E-state index contributed by atoms with van der Waals surface area (Å²) >= 11 is 0. The zero-order valence-electron chi connectivity index (χ0n) is 25.7. The Bertz CT molecular complexity index is 1260. The van der Waals surface area contributed by atoms with Gasteiger partial charge in [-0.3, -0.25) is 24.1 Å². The van der Waals surface area contributed by atoms with Crippen LogP contribution >= 0.6 is 0 Å². The van der Waals surface area contributed by atoms with E-state index >= 15 is 0 Å². The normalized spacial score (nSPS) is 32.6. The van der Waals surface area contributed by atoms with Crippen molar-refractivity contribution in [2.45, 2.75) is 95.3 Å². The number of imide groups is 1. The second-order valence-electron chi connectivity index (χ2n) is 13.3. The molecule has 5 rings (SSSR count). The topological polar surface area (TPSA) is 102 Å². The molecule has 224 valence electrons. The summed E-state index contributed by atoms with van der Waals surface area (Å²) in [4.78, 5) is 57.5. The summed E-state index contributed by atoms with van der Waals surface area (Å²) in [6.45, 7) is 14.9. The average Bonchev–Trinajstić information content (AvgIpc) is 3.56. The number of amides is 3. The predicted octanol–water partition coefficient (Wildman–Crippen LogP) is 3.95. The maximum Gasteiger partial charge on any atom is 0.266 e. The van der Waals surface area contributed by atoms with Crippen molar-refractivity contribution in [1.82, 2.24) is 9.80 Å². The number of rotatable bonds is 10. The lowest BCUT2D eigenvalue weighted by Crippen LogP contribution is -2.63. The zero-order chi connectivity index (χ0) is 30.2. The first-order valence-corrected chi connectivity index (χ1v) is 17.0. The Balaban J connectivity index is 1.61. The van der Waals surface area contributed by atoms with Crippen LogP contribution in [0.4, 0.5) is 0 Å². The average molecular weight is 585 g/mol. The van der Waals surface area contributed by atoms with Crippen molar-refractivity contribution in [3.63, 3.8) is 0 Å². The van der Waals surface area contributed by atoms with E-state index in [1.807, 2.05) is 24.3 Å². The molecule has 1 aromatic rings. The zero-order valence-corrected chi connectivity index (χ0v) is 26.7. The lowest BCUT2D eigenvalue weighted by molar-refractivity contribution is -0.165. The van der Waals surface area contributed by atoms with Crippen LogP contribution in [0.5, 0.6) is 5.75 Å². The highest BCUT2D eigenvalue weighted by Crippen LogP contribution is 2.66. The first-order chi connectivity index (χ1) is 19.2. The molecular weight excluding hydrogens is 540 g/mol. The molecule has 4 saturated heterocycles. The molecule has 1 spiro atoms. The van der Waals surface area contributed by atoms with E-state index in [0.29, 0.717) is 41.8 Å². The fourth-order valence-electron chi connectivity index (χ4n) is 8.96. The maximum absolute atomic E-state index is 14.4. The molecule has 0 radical (unpaired) electrons.